The summed E-state index contributed by atoms with van der Waals surface area (Å²) in [7, 11) is 0. The summed E-state index contributed by atoms with van der Waals surface area (Å²) in [6.07, 6.45) is -3.13. The Labute approximate surface area is 290 Å². The maximum Gasteiger partial charge on any atom is 0.418 e. The summed E-state index contributed by atoms with van der Waals surface area (Å²) in [5.41, 5.74) is 1.60. The molecule has 5 rings (SSSR count). The van der Waals surface area contributed by atoms with Crippen LogP contribution in [0, 0.1) is 6.92 Å². The minimum Gasteiger partial charge on any atom is -0.324 e. The van der Waals surface area contributed by atoms with Gasteiger partial charge in [0.1, 0.15) is 10.9 Å². The molecule has 0 aliphatic heterocycles. The number of carbonyl (C=O) groups is 3. The van der Waals surface area contributed by atoms with Gasteiger partial charge in [-0.15, -0.1) is 11.8 Å². The molecule has 3 N–H and O–H groups in total. The van der Waals surface area contributed by atoms with E-state index in [1.165, 1.54) is 6.07 Å². The molecule has 0 spiro atoms. The highest BCUT2D eigenvalue weighted by molar-refractivity contribution is 8.00. The van der Waals surface area contributed by atoms with Gasteiger partial charge in [0.25, 0.3) is 11.8 Å². The zero-order chi connectivity index (χ0) is 35.0. The zero-order valence-corrected chi connectivity index (χ0v) is 27.5. The Bertz CT molecular complexity index is 1990. The molecule has 0 heterocycles. The molecule has 0 aliphatic carbocycles. The molecule has 3 amide bonds. The lowest BCUT2D eigenvalue weighted by Crippen LogP contribution is -2.30. The summed E-state index contributed by atoms with van der Waals surface area (Å²) in [6, 6.07) is 34.4. The monoisotopic (exact) mass is 699 g/mol. The topological polar surface area (TPSA) is 87.3 Å². The van der Waals surface area contributed by atoms with Gasteiger partial charge in [0.15, 0.2) is 0 Å². The van der Waals surface area contributed by atoms with E-state index in [4.69, 9.17) is 11.6 Å². The van der Waals surface area contributed by atoms with Crippen molar-refractivity contribution in [2.75, 3.05) is 10.6 Å². The molecule has 6 nitrogen and oxygen atoms in total. The normalized spacial score (nSPS) is 12.1. The number of nitrogens with one attached hydrogen (secondary N) is 3. The molecule has 0 bridgehead atoms. The van der Waals surface area contributed by atoms with E-state index in [-0.39, 0.29) is 10.7 Å². The van der Waals surface area contributed by atoms with E-state index in [1.54, 1.807) is 91.0 Å². The lowest BCUT2D eigenvalue weighted by molar-refractivity contribution is -0.137. The second kappa shape index (κ2) is 15.7. The quantitative estimate of drug-likeness (QED) is 0.100. The van der Waals surface area contributed by atoms with Crippen LogP contribution in [0.15, 0.2) is 138 Å². The highest BCUT2D eigenvalue weighted by Gasteiger charge is 2.35. The lowest BCUT2D eigenvalue weighted by atomic mass is 10.1. The Morgan fingerprint density at radius 3 is 2.06 bits per heavy atom. The van der Waals surface area contributed by atoms with Crippen LogP contribution in [-0.2, 0) is 15.8 Å². The second-order valence-electron chi connectivity index (χ2n) is 10.8. The van der Waals surface area contributed by atoms with Crippen LogP contribution in [0.5, 0.6) is 0 Å². The summed E-state index contributed by atoms with van der Waals surface area (Å²) >= 11 is 6.94. The molecular formula is C38H29ClF3N3O3S. The first-order chi connectivity index (χ1) is 23.5. The van der Waals surface area contributed by atoms with E-state index in [1.807, 2.05) is 31.2 Å². The average molecular weight is 700 g/mol. The van der Waals surface area contributed by atoms with Crippen molar-refractivity contribution in [3.8, 4) is 0 Å². The van der Waals surface area contributed by atoms with Crippen LogP contribution in [0.3, 0.4) is 0 Å². The molecule has 0 saturated carbocycles. The van der Waals surface area contributed by atoms with Crippen molar-refractivity contribution in [3.63, 3.8) is 0 Å². The SMILES string of the molecule is Cc1ccccc1/C=C(\NC(=O)c1ccccc1)C(=O)Nc1ccc(SC(C(=O)Nc2ccc(Cl)cc2C(F)(F)F)c2ccccc2)cc1. The van der Waals surface area contributed by atoms with Crippen LogP contribution in [0.1, 0.15) is 37.9 Å². The summed E-state index contributed by atoms with van der Waals surface area (Å²) in [4.78, 5) is 40.6. The molecular weight excluding hydrogens is 671 g/mol. The molecule has 1 unspecified atom stereocenters. The van der Waals surface area contributed by atoms with E-state index in [0.717, 1.165) is 35.0 Å². The molecule has 49 heavy (non-hydrogen) atoms. The molecule has 11 heteroatoms. The number of benzene rings is 5. The number of aryl methyl sites for hydroxylation is 1. The molecule has 1 atom stereocenters. The number of rotatable bonds is 10. The summed E-state index contributed by atoms with van der Waals surface area (Å²) in [5.74, 6) is -1.67. The van der Waals surface area contributed by atoms with E-state index in [0.29, 0.717) is 21.7 Å². The highest BCUT2D eigenvalue weighted by atomic mass is 35.5. The van der Waals surface area contributed by atoms with Gasteiger partial charge in [-0.05, 0) is 84.3 Å². The maximum absolute atomic E-state index is 13.7. The number of carbonyl (C=O) groups excluding carboxylic acids is 3. The van der Waals surface area contributed by atoms with Gasteiger partial charge in [0.2, 0.25) is 5.91 Å². The first-order valence-corrected chi connectivity index (χ1v) is 16.2. The number of hydrogen-bond donors (Lipinski definition) is 3. The molecule has 0 radical (unpaired) electrons. The fourth-order valence-electron chi connectivity index (χ4n) is 4.76. The third-order valence-electron chi connectivity index (χ3n) is 7.27. The van der Waals surface area contributed by atoms with E-state index in [9.17, 15) is 27.6 Å². The van der Waals surface area contributed by atoms with Gasteiger partial charge in [-0.3, -0.25) is 14.4 Å². The van der Waals surface area contributed by atoms with Gasteiger partial charge in [0.05, 0.1) is 11.3 Å². The molecule has 5 aromatic rings. The Kier molecular flexibility index (Phi) is 11.2. The van der Waals surface area contributed by atoms with Crippen molar-refractivity contribution in [1.82, 2.24) is 5.32 Å². The van der Waals surface area contributed by atoms with Crippen molar-refractivity contribution in [2.24, 2.45) is 0 Å². The fraction of sp³-hybridized carbons (Fsp3) is 0.0789. The number of alkyl halides is 3. The van der Waals surface area contributed by atoms with Crippen LogP contribution in [0.2, 0.25) is 5.02 Å². The Balaban J connectivity index is 1.35. The van der Waals surface area contributed by atoms with Gasteiger partial charge < -0.3 is 16.0 Å². The smallest absolute Gasteiger partial charge is 0.324 e. The highest BCUT2D eigenvalue weighted by Crippen LogP contribution is 2.40. The molecule has 0 fully saturated rings. The van der Waals surface area contributed by atoms with Crippen LogP contribution in [0.4, 0.5) is 24.5 Å². The van der Waals surface area contributed by atoms with Crippen molar-refractivity contribution in [1.29, 1.82) is 0 Å². The van der Waals surface area contributed by atoms with Crippen LogP contribution in [-0.4, -0.2) is 17.7 Å². The third kappa shape index (κ3) is 9.40. The standard InChI is InChI=1S/C38H29ClF3N3O3S/c1-24-10-8-9-15-27(24)22-33(45-35(46)26-13-6-3-7-14-26)36(47)43-29-17-19-30(20-18-29)49-34(25-11-4-2-5-12-25)37(48)44-32-21-16-28(39)23-31(32)38(40,41)42/h2-23,34H,1H3,(H,43,47)(H,44,48)(H,45,46)/b33-22-. The number of halogens is 4. The van der Waals surface area contributed by atoms with Crippen LogP contribution >= 0.6 is 23.4 Å². The first kappa shape index (κ1) is 35.0. The number of hydrogen-bond acceptors (Lipinski definition) is 4. The molecule has 248 valence electrons. The van der Waals surface area contributed by atoms with Gasteiger partial charge in [-0.2, -0.15) is 13.2 Å². The van der Waals surface area contributed by atoms with Crippen molar-refractivity contribution in [3.05, 3.63) is 166 Å². The molecule has 0 aliphatic rings. The van der Waals surface area contributed by atoms with E-state index in [2.05, 4.69) is 16.0 Å². The number of anilines is 2. The minimum atomic E-state index is -4.73. The van der Waals surface area contributed by atoms with E-state index < -0.39 is 40.4 Å². The summed E-state index contributed by atoms with van der Waals surface area (Å²) in [6.45, 7) is 1.89. The third-order valence-corrected chi connectivity index (χ3v) is 8.77. The van der Waals surface area contributed by atoms with Crippen molar-refractivity contribution >= 4 is 58.5 Å². The Morgan fingerprint density at radius 2 is 1.41 bits per heavy atom. The van der Waals surface area contributed by atoms with Gasteiger partial charge in [-0.25, -0.2) is 0 Å². The van der Waals surface area contributed by atoms with Crippen LogP contribution in [0.25, 0.3) is 6.08 Å². The van der Waals surface area contributed by atoms with Crippen molar-refractivity contribution < 1.29 is 27.6 Å². The van der Waals surface area contributed by atoms with Gasteiger partial charge in [-0.1, -0.05) is 84.4 Å². The van der Waals surface area contributed by atoms with Gasteiger partial charge in [0, 0.05) is 21.2 Å². The Morgan fingerprint density at radius 1 is 0.776 bits per heavy atom. The summed E-state index contributed by atoms with van der Waals surface area (Å²) < 4.78 is 41.2. The fourth-order valence-corrected chi connectivity index (χ4v) is 5.95. The van der Waals surface area contributed by atoms with Gasteiger partial charge >= 0.3 is 6.18 Å². The molecule has 5 aromatic carbocycles. The number of amides is 3. The maximum atomic E-state index is 13.7. The molecule has 0 aromatic heterocycles. The summed E-state index contributed by atoms with van der Waals surface area (Å²) in [5, 5.41) is 6.92. The van der Waals surface area contributed by atoms with E-state index >= 15 is 0 Å². The zero-order valence-electron chi connectivity index (χ0n) is 25.9. The predicted molar refractivity (Wildman–Crippen MR) is 188 cm³/mol. The minimum absolute atomic E-state index is 0.0304. The average Bonchev–Trinajstić information content (AvgIpc) is 3.09. The number of thioether (sulfide) groups is 1. The first-order valence-electron chi connectivity index (χ1n) is 14.9. The second-order valence-corrected chi connectivity index (χ2v) is 12.4. The molecule has 0 saturated heterocycles. The predicted octanol–water partition coefficient (Wildman–Crippen LogP) is 9.55. The largest absolute Gasteiger partial charge is 0.418 e. The Hall–Kier alpha value is -5.32. The van der Waals surface area contributed by atoms with Crippen LogP contribution < -0.4 is 16.0 Å². The lowest BCUT2D eigenvalue weighted by Gasteiger charge is -2.20. The van der Waals surface area contributed by atoms with Crippen molar-refractivity contribution in [2.45, 2.75) is 23.2 Å².